The van der Waals surface area contributed by atoms with Crippen LogP contribution in [0.5, 0.6) is 0 Å². The topological polar surface area (TPSA) is 0 Å². The van der Waals surface area contributed by atoms with E-state index in [2.05, 4.69) is 92.4 Å². The maximum absolute atomic E-state index is 2.68. The van der Waals surface area contributed by atoms with Crippen molar-refractivity contribution in [2.45, 2.75) is 108 Å². The van der Waals surface area contributed by atoms with Gasteiger partial charge in [0.2, 0.25) is 0 Å². The lowest BCUT2D eigenvalue weighted by molar-refractivity contribution is 1.00. The quantitative estimate of drug-likeness (QED) is 0.406. The zero-order valence-electron chi connectivity index (χ0n) is 18.2. The molecule has 0 saturated heterocycles. The zero-order chi connectivity index (χ0) is 18.3. The molecule has 0 aliphatic heterocycles. The van der Waals surface area contributed by atoms with E-state index in [-0.39, 0.29) is 8.80 Å². The van der Waals surface area contributed by atoms with Gasteiger partial charge in [0.15, 0.2) is 0 Å². The Labute approximate surface area is 148 Å². The minimum Gasteiger partial charge on any atom is -0.0698 e. The highest BCUT2D eigenvalue weighted by Crippen LogP contribution is 2.48. The van der Waals surface area contributed by atoms with Gasteiger partial charge in [0, 0.05) is 41.1 Å². The molecule has 0 aromatic heterocycles. The summed E-state index contributed by atoms with van der Waals surface area (Å²) in [6.07, 6.45) is 0. The van der Waals surface area contributed by atoms with Crippen molar-refractivity contribution in [2.75, 3.05) is 0 Å². The fourth-order valence-electron chi connectivity index (χ4n) is 5.43. The molecule has 0 aliphatic carbocycles. The maximum Gasteiger partial charge on any atom is 0.0459 e. The normalized spacial score (nSPS) is 15.5. The molecule has 0 heterocycles. The molecule has 0 saturated carbocycles. The van der Waals surface area contributed by atoms with Crippen molar-refractivity contribution < 1.29 is 0 Å². The summed E-state index contributed by atoms with van der Waals surface area (Å²) in [5, 5.41) is 0. The lowest BCUT2D eigenvalue weighted by atomic mass is 10.6. The molecule has 0 aromatic carbocycles. The second-order valence-electron chi connectivity index (χ2n) is 12.0. The van der Waals surface area contributed by atoms with Gasteiger partial charge in [-0.2, -0.15) is 0 Å². The molecule has 1 radical (unpaired) electrons. The van der Waals surface area contributed by atoms with E-state index in [1.165, 1.54) is 0 Å². The van der Waals surface area contributed by atoms with Crippen molar-refractivity contribution >= 4 is 41.1 Å². The van der Waals surface area contributed by atoms with Gasteiger partial charge >= 0.3 is 0 Å². The molecule has 0 rings (SSSR count). The van der Waals surface area contributed by atoms with Gasteiger partial charge < -0.3 is 0 Å². The Hall–Kier alpha value is 1.08. The van der Waals surface area contributed by atoms with Crippen LogP contribution in [0.1, 0.15) is 13.8 Å². The average Bonchev–Trinajstić information content (AvgIpc) is 2.06. The molecule has 0 amide bonds. The standard InChI is InChI=1S/C17H45Si5/c1-15(2)18(16(19(3,4)5)20(6,7)8)17(21(9,10)11)22(12,13)14/h15-17H,1-14H3. The summed E-state index contributed by atoms with van der Waals surface area (Å²) in [6, 6.07) is 0. The van der Waals surface area contributed by atoms with E-state index in [1.54, 1.807) is 0 Å². The van der Waals surface area contributed by atoms with E-state index in [4.69, 9.17) is 0 Å². The predicted molar refractivity (Wildman–Crippen MR) is 122 cm³/mol. The number of rotatable bonds is 7. The molecule has 0 N–H and O–H groups in total. The van der Waals surface area contributed by atoms with Gasteiger partial charge in [0.25, 0.3) is 0 Å². The molecule has 0 atom stereocenters. The molecule has 0 aliphatic rings. The van der Waals surface area contributed by atoms with Gasteiger partial charge in [-0.05, 0) is 0 Å². The smallest absolute Gasteiger partial charge is 0.0459 e. The SMILES string of the molecule is CC(C)[Si](C([Si](C)(C)C)[Si](C)(C)C)C([Si](C)(C)C)[Si](C)(C)C. The molecule has 0 unspecified atom stereocenters. The van der Waals surface area contributed by atoms with Gasteiger partial charge in [-0.25, -0.2) is 0 Å². The lowest BCUT2D eigenvalue weighted by Gasteiger charge is -2.53. The Morgan fingerprint density at radius 3 is 0.727 bits per heavy atom. The van der Waals surface area contributed by atoms with E-state index in [0.29, 0.717) is 0 Å². The first kappa shape index (κ1) is 23.1. The molecule has 0 spiro atoms. The Bertz CT molecular complexity index is 289. The largest absolute Gasteiger partial charge is 0.0698 e. The fourth-order valence-corrected chi connectivity index (χ4v) is 51.9. The summed E-state index contributed by atoms with van der Waals surface area (Å²) in [4.78, 5) is 2.29. The minimum absolute atomic E-state index is 0.321. The van der Waals surface area contributed by atoms with Gasteiger partial charge in [0.1, 0.15) is 0 Å². The summed E-state index contributed by atoms with van der Waals surface area (Å²) in [7, 11) is -4.79. The average molecular weight is 390 g/mol. The highest BCUT2D eigenvalue weighted by Gasteiger charge is 2.53. The van der Waals surface area contributed by atoms with Crippen molar-refractivity contribution in [3.63, 3.8) is 0 Å². The summed E-state index contributed by atoms with van der Waals surface area (Å²) in [5.41, 5.74) is 0.942. The van der Waals surface area contributed by atoms with Gasteiger partial charge in [-0.15, -0.1) is 0 Å². The van der Waals surface area contributed by atoms with Crippen LogP contribution in [0, 0.1) is 0 Å². The van der Waals surface area contributed by atoms with Crippen molar-refractivity contribution in [2.24, 2.45) is 0 Å². The van der Waals surface area contributed by atoms with E-state index in [0.717, 1.165) is 15.1 Å². The first-order valence-corrected chi connectivity index (χ1v) is 25.2. The second-order valence-corrected chi connectivity index (χ2v) is 40.0. The molecule has 5 heteroatoms. The van der Waals surface area contributed by atoms with Gasteiger partial charge in [0.05, 0.1) is 0 Å². The highest BCUT2D eigenvalue weighted by molar-refractivity contribution is 7.17. The van der Waals surface area contributed by atoms with Gasteiger partial charge in [-0.3, -0.25) is 0 Å². The van der Waals surface area contributed by atoms with Crippen LogP contribution in [-0.2, 0) is 0 Å². The summed E-state index contributed by atoms with van der Waals surface area (Å²) in [5.74, 6) is 0. The van der Waals surface area contributed by atoms with E-state index in [1.807, 2.05) is 0 Å². The fraction of sp³-hybridized carbons (Fsp3) is 1.00. The van der Waals surface area contributed by atoms with E-state index in [9.17, 15) is 0 Å². The van der Waals surface area contributed by atoms with Crippen molar-refractivity contribution in [1.29, 1.82) is 0 Å². The molecule has 22 heavy (non-hydrogen) atoms. The third kappa shape index (κ3) is 6.18. The van der Waals surface area contributed by atoms with E-state index >= 15 is 0 Å². The van der Waals surface area contributed by atoms with Crippen LogP contribution in [0.4, 0.5) is 0 Å². The van der Waals surface area contributed by atoms with Crippen LogP contribution in [0.2, 0.25) is 93.7 Å². The van der Waals surface area contributed by atoms with Crippen LogP contribution in [-0.4, -0.2) is 41.1 Å². The van der Waals surface area contributed by atoms with E-state index < -0.39 is 32.3 Å². The molecule has 133 valence electrons. The van der Waals surface area contributed by atoms with Crippen LogP contribution < -0.4 is 0 Å². The van der Waals surface area contributed by atoms with Crippen LogP contribution >= 0.6 is 0 Å². The maximum atomic E-state index is 2.68. The Balaban J connectivity index is 6.28. The summed E-state index contributed by atoms with van der Waals surface area (Å²) >= 11 is 0. The molecule has 0 fully saturated rings. The molecule has 0 aromatic rings. The summed E-state index contributed by atoms with van der Waals surface area (Å²) < 4.78 is 0. The van der Waals surface area contributed by atoms with Crippen molar-refractivity contribution in [1.82, 2.24) is 0 Å². The number of hydrogen-bond donors (Lipinski definition) is 0. The predicted octanol–water partition coefficient (Wildman–Crippen LogP) is 7.14. The first-order valence-electron chi connectivity index (χ1n) is 9.18. The van der Waals surface area contributed by atoms with Gasteiger partial charge in [-0.1, -0.05) is 108 Å². The summed E-state index contributed by atoms with van der Waals surface area (Å²) in [6.45, 7) is 37.3. The minimum atomic E-state index is -1.12. The molecular formula is C17H45Si5. The van der Waals surface area contributed by atoms with Crippen LogP contribution in [0.3, 0.4) is 0 Å². The Morgan fingerprint density at radius 1 is 0.455 bits per heavy atom. The van der Waals surface area contributed by atoms with Crippen LogP contribution in [0.25, 0.3) is 0 Å². The Morgan fingerprint density at radius 2 is 0.636 bits per heavy atom. The third-order valence-corrected chi connectivity index (χ3v) is 39.2. The molecular weight excluding hydrogens is 345 g/mol. The molecule has 0 nitrogen and oxygen atoms in total. The zero-order valence-corrected chi connectivity index (χ0v) is 23.2. The van der Waals surface area contributed by atoms with Crippen molar-refractivity contribution in [3.05, 3.63) is 0 Å². The molecule has 0 bridgehead atoms. The monoisotopic (exact) mass is 389 g/mol. The second kappa shape index (κ2) is 7.14. The third-order valence-electron chi connectivity index (χ3n) is 4.80. The first-order chi connectivity index (χ1) is 9.31. The highest BCUT2D eigenvalue weighted by atomic mass is 28.5. The van der Waals surface area contributed by atoms with Crippen LogP contribution in [0.15, 0.2) is 0 Å². The number of hydrogen-bond acceptors (Lipinski definition) is 0. The van der Waals surface area contributed by atoms with Crippen molar-refractivity contribution in [3.8, 4) is 0 Å². The Kier molecular flexibility index (Phi) is 7.49. The lowest BCUT2D eigenvalue weighted by Crippen LogP contribution is -2.62.